The number of nitrogens with one attached hydrogen (secondary N) is 1. The molecule has 202 valence electrons. The summed E-state index contributed by atoms with van der Waals surface area (Å²) in [5.74, 6) is 1.26. The van der Waals surface area contributed by atoms with E-state index in [1.54, 1.807) is 42.2 Å². The third-order valence-corrected chi connectivity index (χ3v) is 7.48. The highest BCUT2D eigenvalue weighted by molar-refractivity contribution is 7.93. The van der Waals surface area contributed by atoms with E-state index in [4.69, 9.17) is 18.9 Å². The van der Waals surface area contributed by atoms with Crippen LogP contribution in [0.25, 0.3) is 17.2 Å². The van der Waals surface area contributed by atoms with Gasteiger partial charge in [0.05, 0.1) is 39.4 Å². The van der Waals surface area contributed by atoms with Crippen LogP contribution in [0.2, 0.25) is 0 Å². The lowest BCUT2D eigenvalue weighted by atomic mass is 10.2. The van der Waals surface area contributed by atoms with Gasteiger partial charge in [0.1, 0.15) is 34.2 Å². The number of methoxy groups -OCH3 is 4. The molecule has 0 unspecified atom stereocenters. The van der Waals surface area contributed by atoms with Crippen LogP contribution in [0.1, 0.15) is 18.7 Å². The molecule has 15 heteroatoms. The Kier molecular flexibility index (Phi) is 7.78. The molecule has 4 aromatic rings. The summed E-state index contributed by atoms with van der Waals surface area (Å²) >= 11 is 0. The van der Waals surface area contributed by atoms with Gasteiger partial charge in [-0.05, 0) is 25.1 Å². The van der Waals surface area contributed by atoms with Gasteiger partial charge in [0.25, 0.3) is 0 Å². The predicted octanol–water partition coefficient (Wildman–Crippen LogP) is 2.00. The Morgan fingerprint density at radius 2 is 1.66 bits per heavy atom. The maximum absolute atomic E-state index is 13.6. The first-order valence-corrected chi connectivity index (χ1v) is 12.9. The Balaban J connectivity index is 1.80. The molecule has 3 heterocycles. The van der Waals surface area contributed by atoms with E-state index in [0.29, 0.717) is 28.6 Å². The quantitative estimate of drug-likeness (QED) is 0.294. The molecule has 0 aliphatic heterocycles. The summed E-state index contributed by atoms with van der Waals surface area (Å²) in [4.78, 5) is 8.34. The van der Waals surface area contributed by atoms with Crippen LogP contribution in [-0.2, 0) is 21.8 Å². The largest absolute Gasteiger partial charge is 0.494 e. The van der Waals surface area contributed by atoms with E-state index in [1.807, 2.05) is 0 Å². The average molecular weight is 545 g/mol. The second-order valence-corrected chi connectivity index (χ2v) is 10.1. The molecule has 0 saturated heterocycles. The van der Waals surface area contributed by atoms with Crippen LogP contribution < -0.4 is 18.9 Å². The number of aryl methyl sites for hydroxylation is 1. The van der Waals surface area contributed by atoms with Crippen molar-refractivity contribution in [3.8, 4) is 34.6 Å². The van der Waals surface area contributed by atoms with Crippen molar-refractivity contribution in [2.75, 3.05) is 33.2 Å². The lowest BCUT2D eigenvalue weighted by molar-refractivity contribution is 0.0984. The number of para-hydroxylation sites is 1. The molecule has 38 heavy (non-hydrogen) atoms. The van der Waals surface area contributed by atoms with Gasteiger partial charge in [-0.2, -0.15) is 5.10 Å². The van der Waals surface area contributed by atoms with Gasteiger partial charge in [-0.1, -0.05) is 6.07 Å². The SMILES string of the molecule is COc1cnc([C@H](OC)[C@@H](C)S(=O)(=O)Nc2nnc(-c3ccn(C)n3)n2-c2c(OC)cccc2OC)cn1. The highest BCUT2D eigenvalue weighted by Crippen LogP contribution is 2.37. The van der Waals surface area contributed by atoms with E-state index in [9.17, 15) is 8.42 Å². The first kappa shape index (κ1) is 26.8. The smallest absolute Gasteiger partial charge is 0.243 e. The summed E-state index contributed by atoms with van der Waals surface area (Å²) in [6, 6.07) is 6.90. The lowest BCUT2D eigenvalue weighted by Crippen LogP contribution is -2.33. The van der Waals surface area contributed by atoms with Gasteiger partial charge in [0.2, 0.25) is 21.9 Å². The highest BCUT2D eigenvalue weighted by atomic mass is 32.2. The van der Waals surface area contributed by atoms with Crippen LogP contribution in [0.3, 0.4) is 0 Å². The molecule has 0 saturated carbocycles. The first-order valence-electron chi connectivity index (χ1n) is 11.3. The van der Waals surface area contributed by atoms with Gasteiger partial charge in [0.15, 0.2) is 5.82 Å². The number of sulfonamides is 1. The van der Waals surface area contributed by atoms with Crippen LogP contribution in [0.5, 0.6) is 17.4 Å². The van der Waals surface area contributed by atoms with Crippen molar-refractivity contribution in [3.63, 3.8) is 0 Å². The minimum Gasteiger partial charge on any atom is -0.494 e. The molecular formula is C23H28N8O6S. The van der Waals surface area contributed by atoms with Crippen molar-refractivity contribution in [1.82, 2.24) is 34.5 Å². The number of anilines is 1. The number of hydrogen-bond donors (Lipinski definition) is 1. The van der Waals surface area contributed by atoms with Crippen molar-refractivity contribution in [2.45, 2.75) is 18.3 Å². The van der Waals surface area contributed by atoms with Crippen molar-refractivity contribution in [3.05, 3.63) is 48.5 Å². The molecule has 0 aliphatic carbocycles. The Morgan fingerprint density at radius 3 is 2.18 bits per heavy atom. The van der Waals surface area contributed by atoms with Crippen LogP contribution in [-0.4, -0.2) is 76.6 Å². The number of aromatic nitrogens is 7. The van der Waals surface area contributed by atoms with Crippen LogP contribution >= 0.6 is 0 Å². The summed E-state index contributed by atoms with van der Waals surface area (Å²) < 4.78 is 54.5. The van der Waals surface area contributed by atoms with Gasteiger partial charge in [-0.15, -0.1) is 10.2 Å². The van der Waals surface area contributed by atoms with Gasteiger partial charge < -0.3 is 18.9 Å². The van der Waals surface area contributed by atoms with E-state index >= 15 is 0 Å². The number of ether oxygens (including phenoxy) is 4. The zero-order valence-corrected chi connectivity index (χ0v) is 22.5. The zero-order chi connectivity index (χ0) is 27.4. The fraction of sp³-hybridized carbons (Fsp3) is 0.348. The molecule has 2 atom stereocenters. The Labute approximate surface area is 219 Å². The van der Waals surface area contributed by atoms with Gasteiger partial charge in [0, 0.05) is 20.4 Å². The van der Waals surface area contributed by atoms with E-state index < -0.39 is 21.4 Å². The molecule has 0 spiro atoms. The van der Waals surface area contributed by atoms with Crippen LogP contribution in [0, 0.1) is 0 Å². The van der Waals surface area contributed by atoms with E-state index in [1.165, 1.54) is 52.3 Å². The summed E-state index contributed by atoms with van der Waals surface area (Å²) in [5.41, 5.74) is 1.15. The van der Waals surface area contributed by atoms with Crippen LogP contribution in [0.4, 0.5) is 5.95 Å². The summed E-state index contributed by atoms with van der Waals surface area (Å²) in [7, 11) is 3.47. The normalized spacial score (nSPS) is 13.1. The number of hydrogen-bond acceptors (Lipinski definition) is 11. The van der Waals surface area contributed by atoms with E-state index in [-0.39, 0.29) is 17.7 Å². The lowest BCUT2D eigenvalue weighted by Gasteiger charge is -2.23. The number of benzene rings is 1. The molecule has 0 bridgehead atoms. The minimum absolute atomic E-state index is 0.101. The Morgan fingerprint density at radius 1 is 0.947 bits per heavy atom. The number of nitrogens with zero attached hydrogens (tertiary/aromatic N) is 7. The topological polar surface area (TPSA) is 157 Å². The molecular weight excluding hydrogens is 516 g/mol. The van der Waals surface area contributed by atoms with Crippen molar-refractivity contribution in [2.24, 2.45) is 7.05 Å². The predicted molar refractivity (Wildman–Crippen MR) is 137 cm³/mol. The van der Waals surface area contributed by atoms with Crippen molar-refractivity contribution in [1.29, 1.82) is 0 Å². The Bertz CT molecular complexity index is 1480. The maximum atomic E-state index is 13.6. The molecule has 1 aromatic carbocycles. The van der Waals surface area contributed by atoms with E-state index in [2.05, 4.69) is 30.0 Å². The maximum Gasteiger partial charge on any atom is 0.243 e. The number of rotatable bonds is 11. The summed E-state index contributed by atoms with van der Waals surface area (Å²) in [6.45, 7) is 1.49. The fourth-order valence-electron chi connectivity index (χ4n) is 3.83. The third kappa shape index (κ3) is 5.10. The third-order valence-electron chi connectivity index (χ3n) is 5.78. The fourth-order valence-corrected chi connectivity index (χ4v) is 4.98. The van der Waals surface area contributed by atoms with Gasteiger partial charge >= 0.3 is 0 Å². The molecule has 0 aliphatic rings. The summed E-state index contributed by atoms with van der Waals surface area (Å²) in [6.07, 6.45) is 3.58. The second kappa shape index (κ2) is 11.0. The molecule has 1 N–H and O–H groups in total. The Hall–Kier alpha value is -4.24. The highest BCUT2D eigenvalue weighted by Gasteiger charge is 2.34. The van der Waals surface area contributed by atoms with Crippen molar-refractivity contribution < 1.29 is 27.4 Å². The van der Waals surface area contributed by atoms with E-state index in [0.717, 1.165) is 0 Å². The molecule has 3 aromatic heterocycles. The zero-order valence-electron chi connectivity index (χ0n) is 21.7. The minimum atomic E-state index is -4.13. The average Bonchev–Trinajstić information content (AvgIpc) is 3.54. The summed E-state index contributed by atoms with van der Waals surface area (Å²) in [5, 5.41) is 11.7. The molecule has 0 radical (unpaired) electrons. The van der Waals surface area contributed by atoms with Gasteiger partial charge in [-0.25, -0.2) is 13.4 Å². The standard InChI is InChI=1S/C23H28N8O6S/c1-14(21(37-6)16-12-25-19(36-5)13-24-16)38(32,33)29-23-27-26-22(15-10-11-30(2)28-15)31(23)20-17(34-3)8-7-9-18(20)35-4/h7-14,21H,1-6H3,(H,27,29)/t14-,21-/m1/s1. The van der Waals surface area contributed by atoms with Crippen molar-refractivity contribution >= 4 is 16.0 Å². The molecule has 14 nitrogen and oxygen atoms in total. The molecule has 0 amide bonds. The first-order chi connectivity index (χ1) is 18.2. The van der Waals surface area contributed by atoms with Gasteiger partial charge in [-0.3, -0.25) is 19.0 Å². The second-order valence-electron chi connectivity index (χ2n) is 8.06. The molecule has 0 fully saturated rings. The van der Waals surface area contributed by atoms with Crippen LogP contribution in [0.15, 0.2) is 42.9 Å². The molecule has 4 rings (SSSR count). The monoisotopic (exact) mass is 544 g/mol.